The van der Waals surface area contributed by atoms with Gasteiger partial charge in [0, 0.05) is 19.5 Å². The molecular weight excluding hydrogens is 404 g/mol. The molecule has 0 fully saturated rings. The average molecular weight is 429 g/mol. The number of benzene rings is 1. The maximum absolute atomic E-state index is 12.7. The Bertz CT molecular complexity index is 1150. The number of fused-ring (bicyclic) bond motifs is 1. The maximum atomic E-state index is 12.7. The summed E-state index contributed by atoms with van der Waals surface area (Å²) >= 11 is 1.23. The number of primary amides is 1. The van der Waals surface area contributed by atoms with Gasteiger partial charge in [0.05, 0.1) is 5.52 Å². The van der Waals surface area contributed by atoms with E-state index in [2.05, 4.69) is 5.32 Å². The van der Waals surface area contributed by atoms with Crippen molar-refractivity contribution in [3.63, 3.8) is 0 Å². The third-order valence-electron chi connectivity index (χ3n) is 4.77. The molecule has 0 aliphatic carbocycles. The Kier molecular flexibility index (Phi) is 7.18. The van der Waals surface area contributed by atoms with Gasteiger partial charge in [-0.1, -0.05) is 36.8 Å². The van der Waals surface area contributed by atoms with Gasteiger partial charge in [-0.25, -0.2) is 4.79 Å². The number of carbonyl (C=O) groups is 2. The average Bonchev–Trinajstić information content (AvgIpc) is 3.22. The van der Waals surface area contributed by atoms with Crippen LogP contribution in [-0.2, 0) is 29.2 Å². The zero-order valence-electron chi connectivity index (χ0n) is 16.5. The van der Waals surface area contributed by atoms with E-state index in [0.717, 1.165) is 10.1 Å². The Balaban J connectivity index is 1.53. The number of carbonyl (C=O) groups excluding carboxylic acids is 2. The van der Waals surface area contributed by atoms with Crippen LogP contribution >= 0.6 is 11.3 Å². The molecule has 30 heavy (non-hydrogen) atoms. The van der Waals surface area contributed by atoms with E-state index in [1.165, 1.54) is 15.9 Å². The van der Waals surface area contributed by atoms with E-state index >= 15 is 0 Å². The summed E-state index contributed by atoms with van der Waals surface area (Å²) in [4.78, 5) is 48.6. The second kappa shape index (κ2) is 10.0. The minimum atomic E-state index is -0.642. The third kappa shape index (κ3) is 5.24. The van der Waals surface area contributed by atoms with Gasteiger partial charge in [0.1, 0.15) is 11.2 Å². The van der Waals surface area contributed by atoms with Crippen LogP contribution in [0.5, 0.6) is 0 Å². The quantitative estimate of drug-likeness (QED) is 0.477. The number of unbranched alkanes of at least 4 members (excludes halogenated alkanes) is 2. The van der Waals surface area contributed by atoms with E-state index in [0.29, 0.717) is 42.4 Å². The first kappa shape index (κ1) is 21.5. The highest BCUT2D eigenvalue weighted by Gasteiger charge is 2.15. The lowest BCUT2D eigenvalue weighted by Gasteiger charge is -2.11. The van der Waals surface area contributed by atoms with Crippen LogP contribution in [0.3, 0.4) is 0 Å². The monoisotopic (exact) mass is 428 g/mol. The molecule has 1 aromatic carbocycles. The summed E-state index contributed by atoms with van der Waals surface area (Å²) in [6.45, 7) is 0.457. The molecule has 9 heteroatoms. The lowest BCUT2D eigenvalue weighted by Crippen LogP contribution is -2.41. The Morgan fingerprint density at radius 1 is 1.00 bits per heavy atom. The van der Waals surface area contributed by atoms with Crippen molar-refractivity contribution in [2.75, 3.05) is 0 Å². The second-order valence-electron chi connectivity index (χ2n) is 7.00. The summed E-state index contributed by atoms with van der Waals surface area (Å²) in [7, 11) is 0. The molecule has 8 nitrogen and oxygen atoms in total. The molecule has 0 atom stereocenters. The largest absolute Gasteiger partial charge is 0.368 e. The second-order valence-corrected chi connectivity index (χ2v) is 7.92. The van der Waals surface area contributed by atoms with Gasteiger partial charge in [-0.2, -0.15) is 0 Å². The molecular formula is C21H24N4O4S. The lowest BCUT2D eigenvalue weighted by atomic mass is 10.1. The molecule has 3 N–H and O–H groups in total. The van der Waals surface area contributed by atoms with Crippen LogP contribution in [0.15, 0.2) is 51.4 Å². The van der Waals surface area contributed by atoms with E-state index in [1.807, 2.05) is 30.3 Å². The van der Waals surface area contributed by atoms with Gasteiger partial charge in [-0.05, 0) is 29.9 Å². The molecule has 0 saturated carbocycles. The number of amides is 2. The van der Waals surface area contributed by atoms with Crippen molar-refractivity contribution in [1.29, 1.82) is 0 Å². The van der Waals surface area contributed by atoms with Crippen molar-refractivity contribution in [2.24, 2.45) is 5.73 Å². The summed E-state index contributed by atoms with van der Waals surface area (Å²) in [5, 5.41) is 4.59. The topological polar surface area (TPSA) is 116 Å². The fourth-order valence-corrected chi connectivity index (χ4v) is 4.10. The minimum absolute atomic E-state index is 0.0279. The van der Waals surface area contributed by atoms with E-state index < -0.39 is 11.6 Å². The number of hydrogen-bond acceptors (Lipinski definition) is 5. The molecule has 0 aliphatic rings. The van der Waals surface area contributed by atoms with Gasteiger partial charge in [0.25, 0.3) is 5.56 Å². The van der Waals surface area contributed by atoms with E-state index in [1.54, 1.807) is 11.4 Å². The van der Waals surface area contributed by atoms with E-state index in [4.69, 9.17) is 5.73 Å². The normalized spacial score (nSPS) is 10.9. The number of nitrogens with one attached hydrogen (secondary N) is 1. The Labute approximate surface area is 176 Å². The van der Waals surface area contributed by atoms with Crippen LogP contribution in [0.1, 0.15) is 31.2 Å². The number of rotatable bonds is 10. The van der Waals surface area contributed by atoms with Crippen molar-refractivity contribution in [1.82, 2.24) is 14.5 Å². The van der Waals surface area contributed by atoms with Gasteiger partial charge >= 0.3 is 5.69 Å². The summed E-state index contributed by atoms with van der Waals surface area (Å²) in [5.41, 5.74) is 5.83. The van der Waals surface area contributed by atoms with Crippen LogP contribution < -0.4 is 22.3 Å². The minimum Gasteiger partial charge on any atom is -0.368 e. The molecule has 2 aromatic heterocycles. The molecule has 2 amide bonds. The van der Waals surface area contributed by atoms with Crippen molar-refractivity contribution < 1.29 is 9.59 Å². The first-order chi connectivity index (χ1) is 14.5. The van der Waals surface area contributed by atoms with Gasteiger partial charge in [-0.15, -0.1) is 11.3 Å². The highest BCUT2D eigenvalue weighted by molar-refractivity contribution is 7.17. The fourth-order valence-electron chi connectivity index (χ4n) is 3.26. The van der Waals surface area contributed by atoms with Crippen LogP contribution in [0.2, 0.25) is 0 Å². The summed E-state index contributed by atoms with van der Waals surface area (Å²) in [6.07, 6.45) is 2.32. The highest BCUT2D eigenvalue weighted by Crippen LogP contribution is 2.15. The number of thiophene rings is 1. The predicted octanol–water partition coefficient (Wildman–Crippen LogP) is 1.59. The van der Waals surface area contributed by atoms with Crippen molar-refractivity contribution in [3.8, 4) is 0 Å². The van der Waals surface area contributed by atoms with E-state index in [-0.39, 0.29) is 24.6 Å². The fraction of sp³-hybridized carbons (Fsp3) is 0.333. The van der Waals surface area contributed by atoms with Crippen molar-refractivity contribution >= 4 is 33.4 Å². The SMILES string of the molecule is NC(=O)Cn1c(=O)n(CCCCCC(=O)NCc2ccccc2)c(=O)c2sccc21. The molecule has 0 saturated heterocycles. The molecule has 0 radical (unpaired) electrons. The predicted molar refractivity (Wildman–Crippen MR) is 116 cm³/mol. The molecule has 3 rings (SSSR count). The number of nitrogens with zero attached hydrogens (tertiary/aromatic N) is 2. The van der Waals surface area contributed by atoms with Crippen molar-refractivity contribution in [2.45, 2.75) is 45.3 Å². The number of aromatic nitrogens is 2. The van der Waals surface area contributed by atoms with E-state index in [9.17, 15) is 19.2 Å². The Hall–Kier alpha value is -3.20. The Morgan fingerprint density at radius 3 is 2.50 bits per heavy atom. The van der Waals surface area contributed by atoms with Gasteiger partial charge in [0.2, 0.25) is 11.8 Å². The van der Waals surface area contributed by atoms with Crippen LogP contribution in [0.25, 0.3) is 10.2 Å². The number of nitrogens with two attached hydrogens (primary N) is 1. The summed E-state index contributed by atoms with van der Waals surface area (Å²) in [5.74, 6) is -0.670. The number of hydrogen-bond donors (Lipinski definition) is 2. The maximum Gasteiger partial charge on any atom is 0.332 e. The summed E-state index contributed by atoms with van der Waals surface area (Å²) in [6, 6.07) is 11.3. The smallest absolute Gasteiger partial charge is 0.332 e. The molecule has 0 aliphatic heterocycles. The van der Waals surface area contributed by atoms with Crippen LogP contribution in [-0.4, -0.2) is 20.9 Å². The zero-order valence-corrected chi connectivity index (χ0v) is 17.3. The zero-order chi connectivity index (χ0) is 21.5. The molecule has 3 aromatic rings. The Morgan fingerprint density at radius 2 is 1.77 bits per heavy atom. The third-order valence-corrected chi connectivity index (χ3v) is 5.66. The first-order valence-corrected chi connectivity index (χ1v) is 10.6. The molecule has 0 unspecified atom stereocenters. The van der Waals surface area contributed by atoms with Crippen molar-refractivity contribution in [3.05, 3.63) is 68.2 Å². The highest BCUT2D eigenvalue weighted by atomic mass is 32.1. The standard InChI is InChI=1S/C21H24N4O4S/c22-17(26)14-25-16-10-12-30-19(16)20(28)24(21(25)29)11-6-2-5-9-18(27)23-13-15-7-3-1-4-8-15/h1,3-4,7-8,10,12H,2,5-6,9,11,13-14H2,(H2,22,26)(H,23,27). The van der Waals surface area contributed by atoms with Gasteiger partial charge in [0.15, 0.2) is 0 Å². The van der Waals surface area contributed by atoms with Crippen LogP contribution in [0.4, 0.5) is 0 Å². The lowest BCUT2D eigenvalue weighted by molar-refractivity contribution is -0.121. The molecule has 0 bridgehead atoms. The molecule has 158 valence electrons. The summed E-state index contributed by atoms with van der Waals surface area (Å²) < 4.78 is 2.82. The van der Waals surface area contributed by atoms with Gasteiger partial charge in [-0.3, -0.25) is 23.5 Å². The van der Waals surface area contributed by atoms with Gasteiger partial charge < -0.3 is 11.1 Å². The first-order valence-electron chi connectivity index (χ1n) is 9.77. The molecule has 0 spiro atoms. The molecule has 2 heterocycles. The van der Waals surface area contributed by atoms with Crippen LogP contribution in [0, 0.1) is 0 Å².